The van der Waals surface area contributed by atoms with Gasteiger partial charge >= 0.3 is 5.97 Å². The van der Waals surface area contributed by atoms with E-state index in [0.717, 1.165) is 0 Å². The van der Waals surface area contributed by atoms with E-state index in [2.05, 4.69) is 0 Å². The Kier molecular flexibility index (Phi) is 8.60. The van der Waals surface area contributed by atoms with E-state index in [1.807, 2.05) is 34.6 Å². The summed E-state index contributed by atoms with van der Waals surface area (Å²) in [4.78, 5) is 11.8. The zero-order valence-electron chi connectivity index (χ0n) is 13.1. The van der Waals surface area contributed by atoms with Gasteiger partial charge in [-0.25, -0.2) is 0 Å². The summed E-state index contributed by atoms with van der Waals surface area (Å²) in [6.45, 7) is 12.5. The highest BCUT2D eigenvalue weighted by Crippen LogP contribution is 2.48. The van der Waals surface area contributed by atoms with Gasteiger partial charge in [-0.2, -0.15) is 0 Å². The molecule has 0 aromatic rings. The lowest BCUT2D eigenvalue weighted by Gasteiger charge is -2.21. The van der Waals surface area contributed by atoms with Crippen molar-refractivity contribution >= 4 is 13.3 Å². The summed E-state index contributed by atoms with van der Waals surface area (Å²) >= 11 is 0. The smallest absolute Gasteiger partial charge is 0.309 e. The maximum absolute atomic E-state index is 12.5. The molecule has 2 unspecified atom stereocenters. The molecular weight excluding hydrogens is 263 g/mol. The van der Waals surface area contributed by atoms with Crippen molar-refractivity contribution in [3.63, 3.8) is 0 Å². The van der Waals surface area contributed by atoms with Gasteiger partial charge in [0.2, 0.25) is 7.37 Å². The minimum atomic E-state index is -2.71. The third-order valence-electron chi connectivity index (χ3n) is 2.64. The van der Waals surface area contributed by atoms with E-state index in [9.17, 15) is 9.36 Å². The van der Waals surface area contributed by atoms with Gasteiger partial charge in [0.1, 0.15) is 0 Å². The van der Waals surface area contributed by atoms with Crippen LogP contribution < -0.4 is 0 Å². The van der Waals surface area contributed by atoms with Crippen LogP contribution in [-0.4, -0.2) is 31.5 Å². The fraction of sp³-hybridized carbons (Fsp3) is 0.929. The molecule has 0 rings (SSSR count). The number of carbonyl (C=O) groups is 1. The molecule has 19 heavy (non-hydrogen) atoms. The van der Waals surface area contributed by atoms with E-state index >= 15 is 0 Å². The summed E-state index contributed by atoms with van der Waals surface area (Å²) in [5, 5.41) is 0. The van der Waals surface area contributed by atoms with Crippen LogP contribution in [0.1, 0.15) is 41.5 Å². The molecule has 0 saturated heterocycles. The lowest BCUT2D eigenvalue weighted by molar-refractivity contribution is -0.148. The van der Waals surface area contributed by atoms with Crippen molar-refractivity contribution in [3.05, 3.63) is 0 Å². The molecule has 0 amide bonds. The van der Waals surface area contributed by atoms with E-state index in [0.29, 0.717) is 31.2 Å². The van der Waals surface area contributed by atoms with Gasteiger partial charge in [-0.3, -0.25) is 9.36 Å². The molecule has 4 nitrogen and oxygen atoms in total. The molecule has 0 bridgehead atoms. The highest BCUT2D eigenvalue weighted by molar-refractivity contribution is 7.59. The van der Waals surface area contributed by atoms with Crippen LogP contribution in [0.5, 0.6) is 0 Å². The Bertz CT molecular complexity index is 313. The lowest BCUT2D eigenvalue weighted by atomic mass is 10.2. The van der Waals surface area contributed by atoms with Crippen LogP contribution >= 0.6 is 7.37 Å². The van der Waals surface area contributed by atoms with E-state index in [4.69, 9.17) is 9.26 Å². The number of hydrogen-bond donors (Lipinski definition) is 0. The second kappa shape index (κ2) is 8.76. The quantitative estimate of drug-likeness (QED) is 0.479. The zero-order chi connectivity index (χ0) is 15.1. The Morgan fingerprint density at radius 1 is 1.05 bits per heavy atom. The number of rotatable bonds is 9. The van der Waals surface area contributed by atoms with Crippen LogP contribution in [0.2, 0.25) is 0 Å². The number of carbonyl (C=O) groups excluding carboxylic acids is 1. The van der Waals surface area contributed by atoms with Crippen molar-refractivity contribution in [2.24, 2.45) is 17.8 Å². The fourth-order valence-electron chi connectivity index (χ4n) is 1.44. The highest BCUT2D eigenvalue weighted by Gasteiger charge is 2.28. The molecule has 0 spiro atoms. The molecule has 0 aromatic heterocycles. The summed E-state index contributed by atoms with van der Waals surface area (Å²) in [6, 6.07) is 0. The number of ether oxygens (including phenoxy) is 1. The van der Waals surface area contributed by atoms with Crippen molar-refractivity contribution in [2.75, 3.05) is 25.5 Å². The molecule has 0 saturated carbocycles. The maximum Gasteiger partial charge on any atom is 0.309 e. The van der Waals surface area contributed by atoms with E-state index < -0.39 is 7.37 Å². The second-order valence-corrected chi connectivity index (χ2v) is 8.81. The van der Waals surface area contributed by atoms with Crippen molar-refractivity contribution in [1.82, 2.24) is 0 Å². The van der Waals surface area contributed by atoms with E-state index in [-0.39, 0.29) is 18.0 Å². The average Bonchev–Trinajstić information content (AvgIpc) is 2.33. The molecule has 0 aliphatic rings. The molecule has 0 heterocycles. The third kappa shape index (κ3) is 8.43. The van der Waals surface area contributed by atoms with Gasteiger partial charge in [0.25, 0.3) is 0 Å². The fourth-order valence-corrected chi connectivity index (χ4v) is 3.54. The van der Waals surface area contributed by atoms with Crippen molar-refractivity contribution in [1.29, 1.82) is 0 Å². The first-order valence-corrected chi connectivity index (χ1v) is 9.09. The van der Waals surface area contributed by atoms with Crippen LogP contribution in [0.4, 0.5) is 0 Å². The largest absolute Gasteiger partial charge is 0.465 e. The van der Waals surface area contributed by atoms with Gasteiger partial charge in [0.05, 0.1) is 19.1 Å². The van der Waals surface area contributed by atoms with Crippen molar-refractivity contribution in [2.45, 2.75) is 41.5 Å². The minimum Gasteiger partial charge on any atom is -0.465 e. The Balaban J connectivity index is 4.35. The summed E-state index contributed by atoms with van der Waals surface area (Å²) in [6.07, 6.45) is 0.731. The van der Waals surface area contributed by atoms with Gasteiger partial charge in [-0.05, 0) is 11.8 Å². The number of hydrogen-bond acceptors (Lipinski definition) is 4. The highest BCUT2D eigenvalue weighted by atomic mass is 31.2. The van der Waals surface area contributed by atoms with Crippen molar-refractivity contribution < 1.29 is 18.6 Å². The summed E-state index contributed by atoms with van der Waals surface area (Å²) in [7, 11) is -2.71. The first-order valence-electron chi connectivity index (χ1n) is 7.09. The summed E-state index contributed by atoms with van der Waals surface area (Å²) in [5.74, 6) is -0.0124. The molecule has 0 aliphatic heterocycles. The van der Waals surface area contributed by atoms with Crippen LogP contribution in [0.15, 0.2) is 0 Å². The Labute approximate surface area is 117 Å². The van der Waals surface area contributed by atoms with Crippen molar-refractivity contribution in [3.8, 4) is 0 Å². The predicted octanol–water partition coefficient (Wildman–Crippen LogP) is 3.79. The Morgan fingerprint density at radius 2 is 1.58 bits per heavy atom. The summed E-state index contributed by atoms with van der Waals surface area (Å²) in [5.41, 5.74) is 0. The Hall–Kier alpha value is -0.340. The van der Waals surface area contributed by atoms with E-state index in [1.165, 1.54) is 0 Å². The molecule has 5 heteroatoms. The summed E-state index contributed by atoms with van der Waals surface area (Å²) < 4.78 is 23.2. The van der Waals surface area contributed by atoms with Gasteiger partial charge in [0, 0.05) is 12.3 Å². The lowest BCUT2D eigenvalue weighted by Crippen LogP contribution is -2.21. The first kappa shape index (κ1) is 18.7. The van der Waals surface area contributed by atoms with E-state index in [1.54, 1.807) is 6.92 Å². The molecule has 0 aromatic carbocycles. The molecule has 0 radical (unpaired) electrons. The van der Waals surface area contributed by atoms with Crippen LogP contribution in [0.3, 0.4) is 0 Å². The average molecular weight is 292 g/mol. The molecule has 114 valence electrons. The van der Waals surface area contributed by atoms with Crippen LogP contribution in [-0.2, 0) is 18.6 Å². The van der Waals surface area contributed by atoms with Gasteiger partial charge in [-0.15, -0.1) is 0 Å². The first-order chi connectivity index (χ1) is 8.70. The SMILES string of the molecule is CCP(=O)(CC(C)C(=O)OCC(C)C)OCC(C)C. The molecule has 2 atom stereocenters. The third-order valence-corrected chi connectivity index (χ3v) is 5.33. The minimum absolute atomic E-state index is 0.271. The monoisotopic (exact) mass is 292 g/mol. The standard InChI is InChI=1S/C14H29O4P/c1-7-19(16,18-9-12(4)5)10-13(6)14(15)17-8-11(2)3/h11-13H,7-10H2,1-6H3. The van der Waals surface area contributed by atoms with Crippen LogP contribution in [0.25, 0.3) is 0 Å². The topological polar surface area (TPSA) is 52.6 Å². The maximum atomic E-state index is 12.5. The Morgan fingerprint density at radius 3 is 2.00 bits per heavy atom. The number of esters is 1. The van der Waals surface area contributed by atoms with Gasteiger partial charge in [-0.1, -0.05) is 41.5 Å². The van der Waals surface area contributed by atoms with Gasteiger partial charge in [0.15, 0.2) is 0 Å². The second-order valence-electron chi connectivity index (χ2n) is 5.93. The normalized spacial score (nSPS) is 16.4. The van der Waals surface area contributed by atoms with Gasteiger partial charge < -0.3 is 9.26 Å². The predicted molar refractivity (Wildman–Crippen MR) is 78.8 cm³/mol. The molecule has 0 fully saturated rings. The zero-order valence-corrected chi connectivity index (χ0v) is 14.0. The molecule has 0 N–H and O–H groups in total. The molecular formula is C14H29O4P. The molecule has 0 aliphatic carbocycles. The van der Waals surface area contributed by atoms with Crippen LogP contribution in [0, 0.1) is 17.8 Å².